The van der Waals surface area contributed by atoms with Crippen LogP contribution in [0.25, 0.3) is 0 Å². The van der Waals surface area contributed by atoms with E-state index in [0.717, 1.165) is 0 Å². The molecule has 0 radical (unpaired) electrons. The van der Waals surface area contributed by atoms with E-state index in [-0.39, 0.29) is 15.2 Å². The van der Waals surface area contributed by atoms with Crippen LogP contribution in [0.5, 0.6) is 0 Å². The van der Waals surface area contributed by atoms with Crippen molar-refractivity contribution in [2.24, 2.45) is 0 Å². The molecule has 0 spiro atoms. The lowest BCUT2D eigenvalue weighted by atomic mass is 10.4. The SMILES string of the molecule is CCCC.[CH3][AlH][C]1=CC=CC1. The van der Waals surface area contributed by atoms with Gasteiger partial charge in [-0.25, -0.2) is 0 Å². The summed E-state index contributed by atoms with van der Waals surface area (Å²) in [5, 5.41) is 0. The van der Waals surface area contributed by atoms with E-state index in [4.69, 9.17) is 0 Å². The monoisotopic (exact) mass is 166 g/mol. The Morgan fingerprint density at radius 2 is 2.00 bits per heavy atom. The zero-order valence-corrected chi connectivity index (χ0v) is 9.47. The van der Waals surface area contributed by atoms with Crippen molar-refractivity contribution in [2.75, 3.05) is 0 Å². The van der Waals surface area contributed by atoms with Crippen molar-refractivity contribution in [3.8, 4) is 0 Å². The van der Waals surface area contributed by atoms with E-state index in [9.17, 15) is 0 Å². The second kappa shape index (κ2) is 8.11. The molecule has 0 aromatic heterocycles. The molecule has 11 heavy (non-hydrogen) atoms. The maximum Gasteiger partial charge on any atom is 0.272 e. The number of unbranched alkanes of at least 4 members (excludes halogenated alkanes) is 1. The van der Waals surface area contributed by atoms with Gasteiger partial charge < -0.3 is 0 Å². The molecule has 0 heterocycles. The van der Waals surface area contributed by atoms with E-state index < -0.39 is 0 Å². The van der Waals surface area contributed by atoms with Crippen LogP contribution in [0.2, 0.25) is 5.79 Å². The highest BCUT2D eigenvalue weighted by Gasteiger charge is 1.94. The molecule has 1 aliphatic rings. The summed E-state index contributed by atoms with van der Waals surface area (Å²) in [5.41, 5.74) is 0. The van der Waals surface area contributed by atoms with Gasteiger partial charge in [0, 0.05) is 0 Å². The molecule has 0 nitrogen and oxygen atoms in total. The summed E-state index contributed by atoms with van der Waals surface area (Å²) in [4.78, 5) is 0. The Morgan fingerprint density at radius 3 is 2.18 bits per heavy atom. The van der Waals surface area contributed by atoms with Gasteiger partial charge in [-0.3, -0.25) is 0 Å². The first kappa shape index (κ1) is 11.0. The van der Waals surface area contributed by atoms with Gasteiger partial charge in [-0.2, -0.15) is 0 Å². The molecular weight excluding hydrogens is 147 g/mol. The fourth-order valence-electron chi connectivity index (χ4n) is 0.754. The van der Waals surface area contributed by atoms with Crippen LogP contribution in [0.15, 0.2) is 22.7 Å². The van der Waals surface area contributed by atoms with Crippen LogP contribution in [0.3, 0.4) is 0 Å². The zero-order chi connectivity index (χ0) is 8.53. The van der Waals surface area contributed by atoms with Crippen molar-refractivity contribution in [1.82, 2.24) is 0 Å². The minimum absolute atomic E-state index is 0.189. The second-order valence-electron chi connectivity index (χ2n) is 2.81. The molecule has 0 saturated carbocycles. The molecule has 0 aromatic carbocycles. The quantitative estimate of drug-likeness (QED) is 0.553. The average molecular weight is 166 g/mol. The summed E-state index contributed by atoms with van der Waals surface area (Å²) in [6.07, 6.45) is 10.5. The topological polar surface area (TPSA) is 0 Å². The molecule has 0 aliphatic heterocycles. The molecule has 1 aliphatic carbocycles. The molecule has 0 bridgehead atoms. The summed E-state index contributed by atoms with van der Waals surface area (Å²) in [5.74, 6) is 2.33. The first-order valence-electron chi connectivity index (χ1n) is 4.69. The van der Waals surface area contributed by atoms with Gasteiger partial charge in [0.05, 0.1) is 0 Å². The van der Waals surface area contributed by atoms with E-state index in [0.29, 0.717) is 0 Å². The van der Waals surface area contributed by atoms with Crippen molar-refractivity contribution in [2.45, 2.75) is 38.9 Å². The van der Waals surface area contributed by atoms with Gasteiger partial charge in [0.25, 0.3) is 15.2 Å². The minimum Gasteiger partial charge on any atom is -0.132 e. The highest BCUT2D eigenvalue weighted by Crippen LogP contribution is 2.06. The van der Waals surface area contributed by atoms with Crippen LogP contribution < -0.4 is 0 Å². The van der Waals surface area contributed by atoms with Crippen LogP contribution in [-0.4, -0.2) is 15.2 Å². The average Bonchev–Trinajstić information content (AvgIpc) is 2.56. The molecule has 0 unspecified atom stereocenters. The van der Waals surface area contributed by atoms with Crippen LogP contribution in [0.1, 0.15) is 33.1 Å². The molecular formula is C10H19Al. The maximum atomic E-state index is 2.33. The Hall–Kier alpha value is 0.0125. The standard InChI is InChI=1S/C5H5.C4H10.CH3.Al.H/c1-2-4-5-3-1;1-3-4-2;;;/h1-3H,4H2;3-4H2,1-2H3;1H3;;. The van der Waals surface area contributed by atoms with E-state index in [1.807, 2.05) is 0 Å². The van der Waals surface area contributed by atoms with Crippen molar-refractivity contribution in [3.63, 3.8) is 0 Å². The lowest BCUT2D eigenvalue weighted by Gasteiger charge is -1.85. The van der Waals surface area contributed by atoms with E-state index in [1.165, 1.54) is 19.3 Å². The smallest absolute Gasteiger partial charge is 0.132 e. The highest BCUT2D eigenvalue weighted by molar-refractivity contribution is 6.43. The third-order valence-corrected chi connectivity index (χ3v) is 3.23. The Bertz CT molecular complexity index is 132. The van der Waals surface area contributed by atoms with Gasteiger partial charge in [0.2, 0.25) is 0 Å². The first-order valence-corrected chi connectivity index (χ1v) is 6.81. The molecule has 0 amide bonds. The largest absolute Gasteiger partial charge is 0.272 e. The van der Waals surface area contributed by atoms with Gasteiger partial charge in [-0.05, 0) is 6.42 Å². The van der Waals surface area contributed by atoms with E-state index >= 15 is 0 Å². The Kier molecular flexibility index (Phi) is 8.12. The summed E-state index contributed by atoms with van der Waals surface area (Å²) in [6, 6.07) is 0. The van der Waals surface area contributed by atoms with Crippen LogP contribution in [0.4, 0.5) is 0 Å². The molecule has 0 saturated heterocycles. The van der Waals surface area contributed by atoms with Crippen LogP contribution >= 0.6 is 0 Å². The fourth-order valence-corrected chi connectivity index (χ4v) is 1.58. The predicted molar refractivity (Wildman–Crippen MR) is 55.4 cm³/mol. The zero-order valence-electron chi connectivity index (χ0n) is 8.06. The Labute approximate surface area is 77.1 Å². The third kappa shape index (κ3) is 6.41. The fraction of sp³-hybridized carbons (Fsp3) is 0.600. The van der Waals surface area contributed by atoms with Crippen LogP contribution in [-0.2, 0) is 0 Å². The summed E-state index contributed by atoms with van der Waals surface area (Å²) in [7, 11) is 0. The van der Waals surface area contributed by atoms with Gasteiger partial charge >= 0.3 is 0 Å². The summed E-state index contributed by atoms with van der Waals surface area (Å²) < 4.78 is 1.69. The molecule has 0 N–H and O–H groups in total. The van der Waals surface area contributed by atoms with Crippen LogP contribution in [0, 0.1) is 0 Å². The van der Waals surface area contributed by atoms with Crippen molar-refractivity contribution in [1.29, 1.82) is 0 Å². The maximum absolute atomic E-state index is 2.33. The lowest BCUT2D eigenvalue weighted by Crippen LogP contribution is -1.83. The van der Waals surface area contributed by atoms with Gasteiger partial charge in [0.15, 0.2) is 0 Å². The molecule has 0 fully saturated rings. The Morgan fingerprint density at radius 1 is 1.36 bits per heavy atom. The minimum atomic E-state index is 0.189. The predicted octanol–water partition coefficient (Wildman–Crippen LogP) is 3.12. The highest BCUT2D eigenvalue weighted by atomic mass is 27.1. The van der Waals surface area contributed by atoms with Gasteiger partial charge in [-0.15, -0.1) is 10.2 Å². The summed E-state index contributed by atoms with van der Waals surface area (Å²) >= 11 is 0.189. The van der Waals surface area contributed by atoms with Gasteiger partial charge in [0.1, 0.15) is 0 Å². The summed E-state index contributed by atoms with van der Waals surface area (Å²) in [6.45, 7) is 4.36. The lowest BCUT2D eigenvalue weighted by molar-refractivity contribution is 0.886. The second-order valence-corrected chi connectivity index (χ2v) is 4.43. The van der Waals surface area contributed by atoms with E-state index in [1.54, 1.807) is 4.44 Å². The molecule has 62 valence electrons. The molecule has 1 heteroatoms. The number of allylic oxidation sites excluding steroid dienone is 4. The number of rotatable bonds is 2. The Balaban J connectivity index is 0.000000218. The van der Waals surface area contributed by atoms with Crippen molar-refractivity contribution < 1.29 is 0 Å². The number of hydrogen-bond donors (Lipinski definition) is 0. The van der Waals surface area contributed by atoms with Crippen molar-refractivity contribution >= 4 is 15.2 Å². The van der Waals surface area contributed by atoms with E-state index in [2.05, 4.69) is 37.9 Å². The van der Waals surface area contributed by atoms with Gasteiger partial charge in [-0.1, -0.05) is 44.9 Å². The van der Waals surface area contributed by atoms with Crippen molar-refractivity contribution in [3.05, 3.63) is 22.7 Å². The normalized spacial score (nSPS) is 13.5. The molecule has 0 aromatic rings. The number of hydrogen-bond acceptors (Lipinski definition) is 0. The third-order valence-electron chi connectivity index (χ3n) is 1.80. The molecule has 0 atom stereocenters. The molecule has 1 rings (SSSR count). The first-order chi connectivity index (χ1) is 5.35.